The van der Waals surface area contributed by atoms with Crippen molar-refractivity contribution in [3.8, 4) is 0 Å². The minimum atomic E-state index is 0.838. The lowest BCUT2D eigenvalue weighted by Crippen LogP contribution is -2.22. The van der Waals surface area contributed by atoms with E-state index >= 15 is 0 Å². The molecule has 0 unspecified atom stereocenters. The second-order valence-corrected chi connectivity index (χ2v) is 7.73. The molecule has 0 aliphatic rings. The maximum absolute atomic E-state index is 4.65. The predicted octanol–water partition coefficient (Wildman–Crippen LogP) is 4.14. The average molecular weight is 357 g/mol. The van der Waals surface area contributed by atoms with E-state index in [1.807, 2.05) is 0 Å². The molecule has 0 radical (unpaired) electrons. The summed E-state index contributed by atoms with van der Waals surface area (Å²) in [5, 5.41) is 3.56. The zero-order chi connectivity index (χ0) is 17.8. The van der Waals surface area contributed by atoms with Gasteiger partial charge in [-0.15, -0.1) is 11.3 Å². The van der Waals surface area contributed by atoms with Crippen LogP contribution < -0.4 is 5.32 Å². The number of hydrogen-bond acceptors (Lipinski definition) is 4. The van der Waals surface area contributed by atoms with Crippen LogP contribution in [0.4, 0.5) is 0 Å². The Bertz CT molecular complexity index is 812. The summed E-state index contributed by atoms with van der Waals surface area (Å²) >= 11 is 1.75. The normalized spacial score (nSPS) is 11.7. The molecule has 134 valence electrons. The Hall–Kier alpha value is -1.69. The summed E-state index contributed by atoms with van der Waals surface area (Å²) in [6.45, 7) is 13.6. The van der Waals surface area contributed by atoms with Crippen LogP contribution in [0.15, 0.2) is 30.5 Å². The van der Waals surface area contributed by atoms with Gasteiger partial charge in [0.1, 0.15) is 0 Å². The molecular formula is C20H28N4S. The molecule has 2 aromatic heterocycles. The average Bonchev–Trinajstić information content (AvgIpc) is 3.10. The third-order valence-electron chi connectivity index (χ3n) is 4.69. The molecule has 3 aromatic rings. The number of aromatic nitrogens is 2. The summed E-state index contributed by atoms with van der Waals surface area (Å²) in [5.41, 5.74) is 5.09. The molecule has 5 heteroatoms. The van der Waals surface area contributed by atoms with Gasteiger partial charge < -0.3 is 5.32 Å². The standard InChI is InChI=1S/C20H28N4S/c1-5-23(6-2)14-18-9-7-17(8-10-18)11-21-12-19-16(4)22-20-24(19)13-15(3)25-20/h7-10,13,21H,5-6,11-12,14H2,1-4H3. The molecule has 0 saturated heterocycles. The van der Waals surface area contributed by atoms with Gasteiger partial charge in [-0.1, -0.05) is 38.1 Å². The Balaban J connectivity index is 1.57. The molecule has 0 aliphatic carbocycles. The quantitative estimate of drug-likeness (QED) is 0.658. The molecule has 0 atom stereocenters. The molecule has 2 heterocycles. The maximum Gasteiger partial charge on any atom is 0.194 e. The predicted molar refractivity (Wildman–Crippen MR) is 106 cm³/mol. The number of hydrogen-bond donors (Lipinski definition) is 1. The Labute approximate surface area is 154 Å². The number of rotatable bonds is 8. The first-order valence-electron chi connectivity index (χ1n) is 9.05. The third kappa shape index (κ3) is 4.29. The van der Waals surface area contributed by atoms with Gasteiger partial charge in [-0.2, -0.15) is 0 Å². The van der Waals surface area contributed by atoms with Crippen LogP contribution in [0, 0.1) is 13.8 Å². The molecule has 0 saturated carbocycles. The van der Waals surface area contributed by atoms with Crippen molar-refractivity contribution in [2.75, 3.05) is 13.1 Å². The minimum absolute atomic E-state index is 0.838. The van der Waals surface area contributed by atoms with Crippen molar-refractivity contribution in [2.24, 2.45) is 0 Å². The lowest BCUT2D eigenvalue weighted by Gasteiger charge is -2.18. The molecule has 1 aromatic carbocycles. The van der Waals surface area contributed by atoms with E-state index in [9.17, 15) is 0 Å². The fourth-order valence-electron chi connectivity index (χ4n) is 3.12. The van der Waals surface area contributed by atoms with Gasteiger partial charge in [0.2, 0.25) is 0 Å². The Morgan fingerprint density at radius 3 is 2.40 bits per heavy atom. The van der Waals surface area contributed by atoms with Gasteiger partial charge in [0, 0.05) is 30.7 Å². The number of fused-ring (bicyclic) bond motifs is 1. The summed E-state index contributed by atoms with van der Waals surface area (Å²) in [6, 6.07) is 8.97. The Morgan fingerprint density at radius 1 is 1.04 bits per heavy atom. The van der Waals surface area contributed by atoms with Crippen molar-refractivity contribution in [2.45, 2.75) is 47.3 Å². The molecule has 0 fully saturated rings. The van der Waals surface area contributed by atoms with E-state index in [-0.39, 0.29) is 0 Å². The van der Waals surface area contributed by atoms with Crippen LogP contribution in [-0.2, 0) is 19.6 Å². The molecule has 1 N–H and O–H groups in total. The van der Waals surface area contributed by atoms with Crippen LogP contribution in [0.3, 0.4) is 0 Å². The number of thiazole rings is 1. The van der Waals surface area contributed by atoms with Gasteiger partial charge >= 0.3 is 0 Å². The first kappa shape index (κ1) is 18.1. The Morgan fingerprint density at radius 2 is 1.72 bits per heavy atom. The van der Waals surface area contributed by atoms with Crippen molar-refractivity contribution >= 4 is 16.3 Å². The van der Waals surface area contributed by atoms with E-state index in [0.29, 0.717) is 0 Å². The molecule has 0 spiro atoms. The second-order valence-electron chi connectivity index (χ2n) is 6.52. The van der Waals surface area contributed by atoms with Crippen molar-refractivity contribution in [3.05, 3.63) is 57.9 Å². The molecule has 0 amide bonds. The molecule has 25 heavy (non-hydrogen) atoms. The third-order valence-corrected chi connectivity index (χ3v) is 5.58. The number of aryl methyl sites for hydroxylation is 2. The summed E-state index contributed by atoms with van der Waals surface area (Å²) < 4.78 is 2.22. The van der Waals surface area contributed by atoms with Crippen molar-refractivity contribution in [1.82, 2.24) is 19.6 Å². The SMILES string of the molecule is CCN(CC)Cc1ccc(CNCc2c(C)nc3sc(C)cn23)cc1. The topological polar surface area (TPSA) is 32.6 Å². The van der Waals surface area contributed by atoms with Crippen molar-refractivity contribution < 1.29 is 0 Å². The number of imidazole rings is 1. The first-order valence-corrected chi connectivity index (χ1v) is 9.87. The summed E-state index contributed by atoms with van der Waals surface area (Å²) in [4.78, 5) is 9.47. The first-order chi connectivity index (χ1) is 12.1. The lowest BCUT2D eigenvalue weighted by molar-refractivity contribution is 0.296. The molecule has 0 bridgehead atoms. The van der Waals surface area contributed by atoms with Crippen LogP contribution in [0.1, 0.15) is 41.2 Å². The Kier molecular flexibility index (Phi) is 5.89. The summed E-state index contributed by atoms with van der Waals surface area (Å²) in [7, 11) is 0. The van der Waals surface area contributed by atoms with Gasteiger partial charge in [0.05, 0.1) is 11.4 Å². The van der Waals surface area contributed by atoms with Crippen molar-refractivity contribution in [1.29, 1.82) is 0 Å². The van der Waals surface area contributed by atoms with Gasteiger partial charge in [0.25, 0.3) is 0 Å². The number of benzene rings is 1. The van der Waals surface area contributed by atoms with E-state index in [1.54, 1.807) is 11.3 Å². The fourth-order valence-corrected chi connectivity index (χ4v) is 4.01. The molecular weight excluding hydrogens is 328 g/mol. The van der Waals surface area contributed by atoms with Crippen LogP contribution in [0.5, 0.6) is 0 Å². The van der Waals surface area contributed by atoms with Gasteiger partial charge in [-0.3, -0.25) is 9.30 Å². The summed E-state index contributed by atoms with van der Waals surface area (Å²) in [6.07, 6.45) is 2.18. The lowest BCUT2D eigenvalue weighted by atomic mass is 10.1. The summed E-state index contributed by atoms with van der Waals surface area (Å²) in [5.74, 6) is 0. The maximum atomic E-state index is 4.65. The van der Waals surface area contributed by atoms with Crippen LogP contribution >= 0.6 is 11.3 Å². The molecule has 0 aliphatic heterocycles. The van der Waals surface area contributed by atoms with Gasteiger partial charge in [-0.25, -0.2) is 4.98 Å². The molecule has 3 rings (SSSR count). The van der Waals surface area contributed by atoms with Gasteiger partial charge in [-0.05, 0) is 38.1 Å². The van der Waals surface area contributed by atoms with Crippen LogP contribution in [0.2, 0.25) is 0 Å². The molecule has 4 nitrogen and oxygen atoms in total. The van der Waals surface area contributed by atoms with Gasteiger partial charge in [0.15, 0.2) is 4.96 Å². The largest absolute Gasteiger partial charge is 0.307 e. The van der Waals surface area contributed by atoms with E-state index in [1.165, 1.54) is 21.7 Å². The van der Waals surface area contributed by atoms with E-state index in [2.05, 4.69) is 77.8 Å². The van der Waals surface area contributed by atoms with Crippen LogP contribution in [0.25, 0.3) is 4.96 Å². The zero-order valence-electron chi connectivity index (χ0n) is 15.7. The zero-order valence-corrected chi connectivity index (χ0v) is 16.5. The highest BCUT2D eigenvalue weighted by Crippen LogP contribution is 2.20. The second kappa shape index (κ2) is 8.13. The highest BCUT2D eigenvalue weighted by molar-refractivity contribution is 7.17. The van der Waals surface area contributed by atoms with E-state index in [0.717, 1.165) is 43.4 Å². The monoisotopic (exact) mass is 356 g/mol. The highest BCUT2D eigenvalue weighted by Gasteiger charge is 2.10. The van der Waals surface area contributed by atoms with E-state index in [4.69, 9.17) is 0 Å². The van der Waals surface area contributed by atoms with Crippen molar-refractivity contribution in [3.63, 3.8) is 0 Å². The number of nitrogens with one attached hydrogen (secondary N) is 1. The smallest absolute Gasteiger partial charge is 0.194 e. The van der Waals surface area contributed by atoms with Crippen LogP contribution in [-0.4, -0.2) is 27.4 Å². The number of nitrogens with zero attached hydrogens (tertiary/aromatic N) is 3. The minimum Gasteiger partial charge on any atom is -0.307 e. The highest BCUT2D eigenvalue weighted by atomic mass is 32.1. The fraction of sp³-hybridized carbons (Fsp3) is 0.450. The van der Waals surface area contributed by atoms with E-state index < -0.39 is 0 Å².